The number of nitrogens with zero attached hydrogens (tertiary/aromatic N) is 3. The van der Waals surface area contributed by atoms with Crippen molar-refractivity contribution >= 4 is 32.7 Å². The zero-order valence-corrected chi connectivity index (χ0v) is 17.2. The van der Waals surface area contributed by atoms with Crippen molar-refractivity contribution in [1.82, 2.24) is 14.9 Å². The minimum atomic E-state index is -3.76. The Kier molecular flexibility index (Phi) is 5.64. The van der Waals surface area contributed by atoms with E-state index in [4.69, 9.17) is 0 Å². The van der Waals surface area contributed by atoms with Crippen molar-refractivity contribution in [3.8, 4) is 0 Å². The molecule has 7 nitrogen and oxygen atoms in total. The molecule has 0 amide bonds. The second-order valence-corrected chi connectivity index (χ2v) is 9.16. The molecule has 2 aromatic carbocycles. The summed E-state index contributed by atoms with van der Waals surface area (Å²) >= 11 is 0. The fraction of sp³-hybridized carbons (Fsp3) is 0.333. The summed E-state index contributed by atoms with van der Waals surface area (Å²) in [6.45, 7) is 2.85. The van der Waals surface area contributed by atoms with Crippen LogP contribution in [0.1, 0.15) is 12.8 Å². The molecule has 1 saturated heterocycles. The average molecular weight is 412 g/mol. The number of anilines is 2. The molecule has 1 aliphatic rings. The van der Waals surface area contributed by atoms with Gasteiger partial charge in [0.15, 0.2) is 11.6 Å². The zero-order valence-electron chi connectivity index (χ0n) is 16.4. The van der Waals surface area contributed by atoms with E-state index in [9.17, 15) is 8.42 Å². The molecule has 1 atom stereocenters. The van der Waals surface area contributed by atoms with Crippen LogP contribution in [0.5, 0.6) is 0 Å². The first kappa shape index (κ1) is 19.6. The van der Waals surface area contributed by atoms with Crippen molar-refractivity contribution in [2.75, 3.05) is 36.7 Å². The lowest BCUT2D eigenvalue weighted by molar-refractivity contribution is 0.217. The van der Waals surface area contributed by atoms with Gasteiger partial charge in [0.25, 0.3) is 10.0 Å². The van der Waals surface area contributed by atoms with E-state index in [1.165, 1.54) is 6.42 Å². The molecule has 8 heteroatoms. The first-order valence-electron chi connectivity index (χ1n) is 9.78. The van der Waals surface area contributed by atoms with Gasteiger partial charge in [0, 0.05) is 13.1 Å². The minimum absolute atomic E-state index is 0.190. The molecule has 0 saturated carbocycles. The van der Waals surface area contributed by atoms with Crippen LogP contribution in [0, 0.1) is 5.92 Å². The maximum atomic E-state index is 12.8. The van der Waals surface area contributed by atoms with Crippen LogP contribution in [0.25, 0.3) is 11.0 Å². The Hall–Kier alpha value is -2.71. The molecule has 2 N–H and O–H groups in total. The third-order valence-electron chi connectivity index (χ3n) is 5.14. The lowest BCUT2D eigenvalue weighted by atomic mass is 9.98. The van der Waals surface area contributed by atoms with E-state index in [1.54, 1.807) is 30.3 Å². The fourth-order valence-corrected chi connectivity index (χ4v) is 4.69. The van der Waals surface area contributed by atoms with Crippen LogP contribution in [-0.4, -0.2) is 50.0 Å². The number of piperidine rings is 1. The van der Waals surface area contributed by atoms with Crippen LogP contribution < -0.4 is 10.0 Å². The largest absolute Gasteiger partial charge is 0.367 e. The van der Waals surface area contributed by atoms with Crippen molar-refractivity contribution in [3.05, 3.63) is 54.6 Å². The third-order valence-corrected chi connectivity index (χ3v) is 6.49. The number of nitrogens with one attached hydrogen (secondary N) is 2. The Balaban J connectivity index is 1.63. The highest BCUT2D eigenvalue weighted by Crippen LogP contribution is 2.25. The lowest BCUT2D eigenvalue weighted by Gasteiger charge is -2.30. The van der Waals surface area contributed by atoms with Crippen LogP contribution >= 0.6 is 0 Å². The van der Waals surface area contributed by atoms with E-state index in [-0.39, 0.29) is 10.7 Å². The first-order chi connectivity index (χ1) is 14.0. The van der Waals surface area contributed by atoms with Gasteiger partial charge in [0.05, 0.1) is 15.9 Å². The van der Waals surface area contributed by atoms with Crippen molar-refractivity contribution in [2.24, 2.45) is 5.92 Å². The van der Waals surface area contributed by atoms with Gasteiger partial charge in [-0.05, 0) is 56.6 Å². The quantitative estimate of drug-likeness (QED) is 0.648. The molecule has 29 heavy (non-hydrogen) atoms. The molecule has 1 aromatic heterocycles. The highest BCUT2D eigenvalue weighted by atomic mass is 32.2. The average Bonchev–Trinajstić information content (AvgIpc) is 2.73. The monoisotopic (exact) mass is 411 g/mol. The van der Waals surface area contributed by atoms with Crippen LogP contribution in [0.15, 0.2) is 59.5 Å². The maximum absolute atomic E-state index is 12.8. The molecule has 0 aliphatic carbocycles. The van der Waals surface area contributed by atoms with Gasteiger partial charge in [0.2, 0.25) is 0 Å². The fourth-order valence-electron chi connectivity index (χ4n) is 3.66. The third kappa shape index (κ3) is 4.65. The summed E-state index contributed by atoms with van der Waals surface area (Å²) in [5, 5.41) is 3.34. The Morgan fingerprint density at radius 2 is 1.66 bits per heavy atom. The topological polar surface area (TPSA) is 87.2 Å². The lowest BCUT2D eigenvalue weighted by Crippen LogP contribution is -2.35. The molecule has 1 aliphatic heterocycles. The zero-order chi connectivity index (χ0) is 20.3. The summed E-state index contributed by atoms with van der Waals surface area (Å²) in [7, 11) is -1.63. The molecule has 1 unspecified atom stereocenters. The number of benzene rings is 2. The number of para-hydroxylation sites is 2. The molecule has 1 fully saturated rings. The van der Waals surface area contributed by atoms with Crippen LogP contribution in [0.3, 0.4) is 0 Å². The standard InChI is InChI=1S/C21H25N5O2S/c1-26-13-7-8-16(15-26)14-22-20-21(24-19-12-6-5-11-18(19)23-20)25-29(27,28)17-9-3-2-4-10-17/h2-6,9-12,16H,7-8,13-15H2,1H3,(H,22,23)(H,24,25). The van der Waals surface area contributed by atoms with Gasteiger partial charge in [-0.1, -0.05) is 30.3 Å². The molecule has 0 radical (unpaired) electrons. The van der Waals surface area contributed by atoms with Crippen molar-refractivity contribution in [3.63, 3.8) is 0 Å². The maximum Gasteiger partial charge on any atom is 0.263 e. The van der Waals surface area contributed by atoms with Gasteiger partial charge < -0.3 is 10.2 Å². The summed E-state index contributed by atoms with van der Waals surface area (Å²) in [4.78, 5) is 11.7. The normalized spacial score (nSPS) is 17.9. The summed E-state index contributed by atoms with van der Waals surface area (Å²) < 4.78 is 28.3. The second kappa shape index (κ2) is 8.34. The van der Waals surface area contributed by atoms with Gasteiger partial charge >= 0.3 is 0 Å². The summed E-state index contributed by atoms with van der Waals surface area (Å²) in [5.74, 6) is 1.16. The molecular weight excluding hydrogens is 386 g/mol. The molecule has 4 rings (SSSR count). The minimum Gasteiger partial charge on any atom is -0.367 e. The molecule has 0 spiro atoms. The van der Waals surface area contributed by atoms with E-state index in [0.717, 1.165) is 31.6 Å². The molecule has 3 aromatic rings. The number of hydrogen-bond donors (Lipinski definition) is 2. The summed E-state index contributed by atoms with van der Waals surface area (Å²) in [6.07, 6.45) is 2.31. The molecule has 2 heterocycles. The number of sulfonamides is 1. The predicted molar refractivity (Wildman–Crippen MR) is 115 cm³/mol. The number of rotatable bonds is 6. The summed E-state index contributed by atoms with van der Waals surface area (Å²) in [5.41, 5.74) is 1.36. The van der Waals surface area contributed by atoms with Crippen LogP contribution in [-0.2, 0) is 10.0 Å². The van der Waals surface area contributed by atoms with E-state index in [1.807, 2.05) is 24.3 Å². The highest BCUT2D eigenvalue weighted by molar-refractivity contribution is 7.92. The SMILES string of the molecule is CN1CCCC(CNc2nc3ccccc3nc2NS(=O)(=O)c2ccccc2)C1. The van der Waals surface area contributed by atoms with E-state index < -0.39 is 10.0 Å². The Morgan fingerprint density at radius 1 is 1.00 bits per heavy atom. The van der Waals surface area contributed by atoms with Gasteiger partial charge in [0.1, 0.15) is 0 Å². The number of likely N-dealkylation sites (tertiary alicyclic amines) is 1. The highest BCUT2D eigenvalue weighted by Gasteiger charge is 2.21. The van der Waals surface area contributed by atoms with E-state index in [0.29, 0.717) is 17.3 Å². The van der Waals surface area contributed by atoms with Gasteiger partial charge in [-0.25, -0.2) is 18.4 Å². The smallest absolute Gasteiger partial charge is 0.263 e. The van der Waals surface area contributed by atoms with Crippen molar-refractivity contribution in [2.45, 2.75) is 17.7 Å². The van der Waals surface area contributed by atoms with Crippen molar-refractivity contribution in [1.29, 1.82) is 0 Å². The van der Waals surface area contributed by atoms with Gasteiger partial charge in [-0.15, -0.1) is 0 Å². The second-order valence-electron chi connectivity index (χ2n) is 7.48. The number of hydrogen-bond acceptors (Lipinski definition) is 6. The Morgan fingerprint density at radius 3 is 2.34 bits per heavy atom. The Bertz CT molecular complexity index is 1090. The number of aromatic nitrogens is 2. The molecule has 0 bridgehead atoms. The van der Waals surface area contributed by atoms with E-state index >= 15 is 0 Å². The van der Waals surface area contributed by atoms with Crippen LogP contribution in [0.2, 0.25) is 0 Å². The van der Waals surface area contributed by atoms with Gasteiger partial charge in [-0.2, -0.15) is 0 Å². The molecule has 152 valence electrons. The van der Waals surface area contributed by atoms with Crippen molar-refractivity contribution < 1.29 is 8.42 Å². The van der Waals surface area contributed by atoms with Gasteiger partial charge in [-0.3, -0.25) is 4.72 Å². The first-order valence-corrected chi connectivity index (χ1v) is 11.3. The van der Waals surface area contributed by atoms with E-state index in [2.05, 4.69) is 32.0 Å². The molecular formula is C21H25N5O2S. The Labute approximate surface area is 171 Å². The predicted octanol–water partition coefficient (Wildman–Crippen LogP) is 3.18. The van der Waals surface area contributed by atoms with Crippen LogP contribution in [0.4, 0.5) is 11.6 Å². The summed E-state index contributed by atoms with van der Waals surface area (Å²) in [6, 6.07) is 15.7. The number of fused-ring (bicyclic) bond motifs is 1.